The Balaban J connectivity index is 2.11. The molecule has 0 saturated heterocycles. The fraction of sp³-hybridized carbons (Fsp3) is 0.438. The third kappa shape index (κ3) is 4.03. The highest BCUT2D eigenvalue weighted by Crippen LogP contribution is 2.36. The molecule has 0 aliphatic heterocycles. The van der Waals surface area contributed by atoms with Crippen LogP contribution in [0, 0.1) is 5.92 Å². The minimum absolute atomic E-state index is 0.146. The monoisotopic (exact) mass is 331 g/mol. The first kappa shape index (κ1) is 16.9. The molecule has 2 rings (SSSR count). The minimum atomic E-state index is -4.51. The van der Waals surface area contributed by atoms with Gasteiger partial charge >= 0.3 is 6.18 Å². The summed E-state index contributed by atoms with van der Waals surface area (Å²) >= 11 is 5.56. The summed E-state index contributed by atoms with van der Waals surface area (Å²) in [5.74, 6) is 0.317. The summed E-state index contributed by atoms with van der Waals surface area (Å²) in [6, 6.07) is 3.72. The summed E-state index contributed by atoms with van der Waals surface area (Å²) in [5.41, 5.74) is -0.610. The minimum Gasteiger partial charge on any atom is -0.339 e. The molecule has 1 aliphatic carbocycles. The lowest BCUT2D eigenvalue weighted by atomic mass is 10.1. The first-order valence-corrected chi connectivity index (χ1v) is 7.39. The summed E-state index contributed by atoms with van der Waals surface area (Å²) in [6.45, 7) is 1.98. The summed E-state index contributed by atoms with van der Waals surface area (Å²) in [7, 11) is 1.71. The van der Waals surface area contributed by atoms with Crippen LogP contribution in [0.1, 0.15) is 30.9 Å². The number of carbonyl (C=O) groups is 1. The largest absolute Gasteiger partial charge is 0.417 e. The van der Waals surface area contributed by atoms with Crippen LogP contribution >= 0.6 is 11.6 Å². The number of halogens is 4. The SMILES string of the molecule is CC(C1CC1)N(C)C(=O)C=Cc1ccc(Cl)c(C(F)(F)F)c1. The maximum Gasteiger partial charge on any atom is 0.417 e. The van der Waals surface area contributed by atoms with E-state index in [1.165, 1.54) is 24.3 Å². The van der Waals surface area contributed by atoms with E-state index in [0.717, 1.165) is 18.9 Å². The number of likely N-dealkylation sites (N-methyl/N-ethyl adjacent to an activating group) is 1. The van der Waals surface area contributed by atoms with Crippen LogP contribution in [0.15, 0.2) is 24.3 Å². The third-order valence-electron chi connectivity index (χ3n) is 3.98. The number of hydrogen-bond acceptors (Lipinski definition) is 1. The fourth-order valence-electron chi connectivity index (χ4n) is 2.24. The van der Waals surface area contributed by atoms with E-state index in [2.05, 4.69) is 0 Å². The van der Waals surface area contributed by atoms with Crippen LogP contribution in [-0.2, 0) is 11.0 Å². The van der Waals surface area contributed by atoms with Crippen molar-refractivity contribution in [3.8, 4) is 0 Å². The highest BCUT2D eigenvalue weighted by molar-refractivity contribution is 6.31. The van der Waals surface area contributed by atoms with Crippen molar-refractivity contribution < 1.29 is 18.0 Å². The van der Waals surface area contributed by atoms with Gasteiger partial charge in [0.2, 0.25) is 5.91 Å². The molecule has 0 radical (unpaired) electrons. The molecule has 1 unspecified atom stereocenters. The Kier molecular flexibility index (Phi) is 4.85. The zero-order chi connectivity index (χ0) is 16.5. The molecular weight excluding hydrogens is 315 g/mol. The summed E-state index contributed by atoms with van der Waals surface area (Å²) in [5, 5.41) is -0.351. The van der Waals surface area contributed by atoms with E-state index in [1.54, 1.807) is 11.9 Å². The molecule has 1 amide bonds. The van der Waals surface area contributed by atoms with Gasteiger partial charge in [0, 0.05) is 19.2 Å². The van der Waals surface area contributed by atoms with Gasteiger partial charge < -0.3 is 4.90 Å². The fourth-order valence-corrected chi connectivity index (χ4v) is 2.47. The predicted octanol–water partition coefficient (Wildman–Crippen LogP) is 4.63. The van der Waals surface area contributed by atoms with Crippen LogP contribution in [0.4, 0.5) is 13.2 Å². The van der Waals surface area contributed by atoms with Gasteiger partial charge in [-0.3, -0.25) is 4.79 Å². The second kappa shape index (κ2) is 6.32. The van der Waals surface area contributed by atoms with Gasteiger partial charge in [0.1, 0.15) is 0 Å². The first-order valence-electron chi connectivity index (χ1n) is 7.01. The van der Waals surface area contributed by atoms with Crippen LogP contribution in [0.3, 0.4) is 0 Å². The van der Waals surface area contributed by atoms with Gasteiger partial charge in [-0.2, -0.15) is 13.2 Å². The van der Waals surface area contributed by atoms with Gasteiger partial charge in [0.25, 0.3) is 0 Å². The van der Waals surface area contributed by atoms with Crippen molar-refractivity contribution in [2.24, 2.45) is 5.92 Å². The lowest BCUT2D eigenvalue weighted by Crippen LogP contribution is -2.35. The molecule has 1 atom stereocenters. The van der Waals surface area contributed by atoms with Crippen molar-refractivity contribution in [2.45, 2.75) is 32.0 Å². The van der Waals surface area contributed by atoms with E-state index >= 15 is 0 Å². The smallest absolute Gasteiger partial charge is 0.339 e. The lowest BCUT2D eigenvalue weighted by molar-refractivity contribution is -0.137. The van der Waals surface area contributed by atoms with E-state index in [-0.39, 0.29) is 22.5 Å². The summed E-state index contributed by atoms with van der Waals surface area (Å²) in [4.78, 5) is 13.6. The molecule has 1 aliphatic rings. The molecule has 0 aromatic heterocycles. The highest BCUT2D eigenvalue weighted by Gasteiger charge is 2.33. The molecule has 1 fully saturated rings. The van der Waals surface area contributed by atoms with Gasteiger partial charge in [0.15, 0.2) is 0 Å². The van der Waals surface area contributed by atoms with Crippen molar-refractivity contribution >= 4 is 23.6 Å². The average Bonchev–Trinajstić information content (AvgIpc) is 3.27. The Morgan fingerprint density at radius 2 is 2.05 bits per heavy atom. The molecule has 1 aromatic rings. The number of nitrogens with zero attached hydrogens (tertiary/aromatic N) is 1. The Bertz CT molecular complexity index is 594. The van der Waals surface area contributed by atoms with E-state index in [4.69, 9.17) is 11.6 Å². The molecule has 0 bridgehead atoms. The van der Waals surface area contributed by atoms with Gasteiger partial charge in [-0.05, 0) is 49.5 Å². The molecule has 6 heteroatoms. The number of amides is 1. The number of hydrogen-bond donors (Lipinski definition) is 0. The number of rotatable bonds is 4. The van der Waals surface area contributed by atoms with Gasteiger partial charge in [-0.1, -0.05) is 17.7 Å². The maximum absolute atomic E-state index is 12.8. The van der Waals surface area contributed by atoms with Crippen LogP contribution in [0.5, 0.6) is 0 Å². The highest BCUT2D eigenvalue weighted by atomic mass is 35.5. The van der Waals surface area contributed by atoms with E-state index in [9.17, 15) is 18.0 Å². The molecule has 1 aromatic carbocycles. The molecule has 120 valence electrons. The number of benzene rings is 1. The van der Waals surface area contributed by atoms with Crippen LogP contribution < -0.4 is 0 Å². The molecular formula is C16H17ClF3NO. The normalized spacial score (nSPS) is 16.8. The predicted molar refractivity (Wildman–Crippen MR) is 80.4 cm³/mol. The average molecular weight is 332 g/mol. The Morgan fingerprint density at radius 3 is 2.59 bits per heavy atom. The Hall–Kier alpha value is -1.49. The molecule has 0 heterocycles. The van der Waals surface area contributed by atoms with Crippen molar-refractivity contribution in [2.75, 3.05) is 7.05 Å². The van der Waals surface area contributed by atoms with Crippen molar-refractivity contribution in [3.05, 3.63) is 40.4 Å². The molecule has 22 heavy (non-hydrogen) atoms. The quantitative estimate of drug-likeness (QED) is 0.737. The van der Waals surface area contributed by atoms with Crippen molar-refractivity contribution in [1.82, 2.24) is 4.90 Å². The lowest BCUT2D eigenvalue weighted by Gasteiger charge is -2.23. The summed E-state index contributed by atoms with van der Waals surface area (Å²) < 4.78 is 38.3. The molecule has 0 spiro atoms. The van der Waals surface area contributed by atoms with Crippen molar-refractivity contribution in [1.29, 1.82) is 0 Å². The Labute approximate surface area is 132 Å². The topological polar surface area (TPSA) is 20.3 Å². The van der Waals surface area contributed by atoms with Crippen molar-refractivity contribution in [3.63, 3.8) is 0 Å². The second-order valence-corrected chi connectivity index (χ2v) is 6.00. The standard InChI is InChI=1S/C16H17ClF3NO/c1-10(12-5-6-12)21(2)15(22)8-4-11-3-7-14(17)13(9-11)16(18,19)20/h3-4,7-10,12H,5-6H2,1-2H3. The Morgan fingerprint density at radius 1 is 1.41 bits per heavy atom. The molecule has 0 N–H and O–H groups in total. The summed E-state index contributed by atoms with van der Waals surface area (Å²) in [6.07, 6.45) is 0.401. The zero-order valence-corrected chi connectivity index (χ0v) is 13.1. The number of carbonyl (C=O) groups excluding carboxylic acids is 1. The van der Waals surface area contributed by atoms with Gasteiger partial charge in [-0.25, -0.2) is 0 Å². The third-order valence-corrected chi connectivity index (χ3v) is 4.31. The number of alkyl halides is 3. The molecule has 2 nitrogen and oxygen atoms in total. The first-order chi connectivity index (χ1) is 10.2. The van der Waals surface area contributed by atoms with Gasteiger partial charge in [0.05, 0.1) is 10.6 Å². The second-order valence-electron chi connectivity index (χ2n) is 5.60. The van der Waals surface area contributed by atoms with E-state index < -0.39 is 11.7 Å². The zero-order valence-electron chi connectivity index (χ0n) is 12.3. The van der Waals surface area contributed by atoms with Crippen LogP contribution in [0.2, 0.25) is 5.02 Å². The van der Waals surface area contributed by atoms with Gasteiger partial charge in [-0.15, -0.1) is 0 Å². The van der Waals surface area contributed by atoms with Crippen LogP contribution in [-0.4, -0.2) is 23.9 Å². The maximum atomic E-state index is 12.8. The van der Waals surface area contributed by atoms with E-state index in [0.29, 0.717) is 5.92 Å². The van der Waals surface area contributed by atoms with Crippen LogP contribution in [0.25, 0.3) is 6.08 Å². The van der Waals surface area contributed by atoms with E-state index in [1.807, 2.05) is 6.92 Å². The molecule has 1 saturated carbocycles.